The van der Waals surface area contributed by atoms with Crippen LogP contribution in [0.25, 0.3) is 0 Å². The van der Waals surface area contributed by atoms with Crippen molar-refractivity contribution >= 4 is 40.2 Å². The Morgan fingerprint density at radius 3 is 1.93 bits per heavy atom. The van der Waals surface area contributed by atoms with Gasteiger partial charge in [-0.25, -0.2) is 9.59 Å². The summed E-state index contributed by atoms with van der Waals surface area (Å²) in [4.78, 5) is 61.3. The van der Waals surface area contributed by atoms with Crippen LogP contribution in [0.15, 0.2) is 24.3 Å². The summed E-state index contributed by atoms with van der Waals surface area (Å²) in [5, 5.41) is 25.6. The lowest BCUT2D eigenvalue weighted by Gasteiger charge is -2.25. The van der Waals surface area contributed by atoms with E-state index in [2.05, 4.69) is 20.1 Å². The SMILES string of the molecule is CCCC[C@H](NC(=O)[C@H](Cc1ccc(OS(=O)(=O)O)cc1)NC(=O)[C@H](CC(=O)O)NC(=O)OC(C)(C)C)C(=O)O. The van der Waals surface area contributed by atoms with Gasteiger partial charge in [0, 0.05) is 6.42 Å². The van der Waals surface area contributed by atoms with Crippen molar-refractivity contribution in [2.24, 2.45) is 0 Å². The Morgan fingerprint density at radius 1 is 0.900 bits per heavy atom. The third-order valence-corrected chi connectivity index (χ3v) is 5.45. The fourth-order valence-corrected chi connectivity index (χ4v) is 3.65. The molecule has 0 aromatic heterocycles. The molecule has 3 amide bonds. The van der Waals surface area contributed by atoms with Crippen LogP contribution in [-0.4, -0.2) is 76.8 Å². The van der Waals surface area contributed by atoms with Crippen LogP contribution in [0.3, 0.4) is 0 Å². The van der Waals surface area contributed by atoms with Gasteiger partial charge in [-0.05, 0) is 44.9 Å². The van der Waals surface area contributed by atoms with Crippen LogP contribution in [0.1, 0.15) is 58.9 Å². The highest BCUT2D eigenvalue weighted by Gasteiger charge is 2.31. The van der Waals surface area contributed by atoms with Gasteiger partial charge in [0.2, 0.25) is 11.8 Å². The molecule has 0 heterocycles. The minimum absolute atomic E-state index is 0.113. The highest BCUT2D eigenvalue weighted by molar-refractivity contribution is 7.81. The Morgan fingerprint density at radius 2 is 1.45 bits per heavy atom. The predicted octanol–water partition coefficient (Wildman–Crippen LogP) is 1.02. The largest absolute Gasteiger partial charge is 0.481 e. The van der Waals surface area contributed by atoms with Gasteiger partial charge in [-0.1, -0.05) is 31.9 Å². The Hall–Kier alpha value is -3.92. The predicted molar refractivity (Wildman–Crippen MR) is 139 cm³/mol. The number of unbranched alkanes of at least 4 members (excludes halogenated alkanes) is 1. The van der Waals surface area contributed by atoms with Gasteiger partial charge in [-0.3, -0.25) is 18.9 Å². The number of aliphatic carboxylic acids is 2. The molecule has 1 rings (SSSR count). The number of carbonyl (C=O) groups is 5. The average Bonchev–Trinajstić information content (AvgIpc) is 2.79. The number of ether oxygens (including phenoxy) is 1. The smallest absolute Gasteiger partial charge is 0.446 e. The van der Waals surface area contributed by atoms with E-state index in [-0.39, 0.29) is 18.6 Å². The van der Waals surface area contributed by atoms with Crippen LogP contribution >= 0.6 is 0 Å². The molecule has 40 heavy (non-hydrogen) atoms. The van der Waals surface area contributed by atoms with Crippen molar-refractivity contribution in [1.29, 1.82) is 0 Å². The number of benzene rings is 1. The molecule has 1 aromatic rings. The van der Waals surface area contributed by atoms with Gasteiger partial charge in [-0.2, -0.15) is 8.42 Å². The fraction of sp³-hybridized carbons (Fsp3) is 0.542. The molecule has 0 saturated heterocycles. The molecule has 0 radical (unpaired) electrons. The second-order valence-electron chi connectivity index (χ2n) is 9.76. The summed E-state index contributed by atoms with van der Waals surface area (Å²) in [7, 11) is -4.78. The lowest BCUT2D eigenvalue weighted by Crippen LogP contribution is -2.57. The van der Waals surface area contributed by atoms with E-state index in [0.29, 0.717) is 18.4 Å². The van der Waals surface area contributed by atoms with Crippen LogP contribution < -0.4 is 20.1 Å². The van der Waals surface area contributed by atoms with Gasteiger partial charge >= 0.3 is 28.4 Å². The van der Waals surface area contributed by atoms with Crippen LogP contribution in [-0.2, 0) is 40.7 Å². The van der Waals surface area contributed by atoms with E-state index in [0.717, 1.165) is 0 Å². The molecule has 6 N–H and O–H groups in total. The van der Waals surface area contributed by atoms with Crippen molar-refractivity contribution in [3.63, 3.8) is 0 Å². The number of hydrogen-bond donors (Lipinski definition) is 6. The molecular formula is C24H35N3O12S. The summed E-state index contributed by atoms with van der Waals surface area (Å²) in [6.07, 6.45) is -0.919. The molecule has 15 nitrogen and oxygen atoms in total. The molecule has 0 aliphatic carbocycles. The number of alkyl carbamates (subject to hydrolysis) is 1. The first-order chi connectivity index (χ1) is 18.4. The number of carboxylic acid groups (broad SMARTS) is 2. The van der Waals surface area contributed by atoms with E-state index in [1.54, 1.807) is 20.8 Å². The molecule has 0 unspecified atom stereocenters. The van der Waals surface area contributed by atoms with E-state index in [1.807, 2.05) is 6.92 Å². The van der Waals surface area contributed by atoms with Crippen molar-refractivity contribution in [1.82, 2.24) is 16.0 Å². The van der Waals surface area contributed by atoms with Crippen molar-refractivity contribution < 1.29 is 56.1 Å². The molecule has 1 aromatic carbocycles. The lowest BCUT2D eigenvalue weighted by atomic mass is 10.0. The summed E-state index contributed by atoms with van der Waals surface area (Å²) in [6, 6.07) is 0.618. The second-order valence-corrected chi connectivity index (χ2v) is 10.8. The van der Waals surface area contributed by atoms with Gasteiger partial charge < -0.3 is 35.1 Å². The third-order valence-electron chi connectivity index (χ3n) is 5.04. The number of rotatable bonds is 15. The van der Waals surface area contributed by atoms with E-state index in [4.69, 9.17) is 9.29 Å². The zero-order valence-corrected chi connectivity index (χ0v) is 23.3. The van der Waals surface area contributed by atoms with Gasteiger partial charge in [0.15, 0.2) is 0 Å². The van der Waals surface area contributed by atoms with E-state index >= 15 is 0 Å². The maximum absolute atomic E-state index is 13.1. The first kappa shape index (κ1) is 34.1. The highest BCUT2D eigenvalue weighted by atomic mass is 32.3. The van der Waals surface area contributed by atoms with Crippen LogP contribution in [0.2, 0.25) is 0 Å². The Labute approximate surface area is 231 Å². The van der Waals surface area contributed by atoms with Crippen LogP contribution in [0.4, 0.5) is 4.79 Å². The van der Waals surface area contributed by atoms with Crippen molar-refractivity contribution in [3.8, 4) is 5.75 Å². The van der Waals surface area contributed by atoms with E-state index in [9.17, 15) is 42.6 Å². The highest BCUT2D eigenvalue weighted by Crippen LogP contribution is 2.16. The van der Waals surface area contributed by atoms with Crippen LogP contribution in [0.5, 0.6) is 5.75 Å². The van der Waals surface area contributed by atoms with Gasteiger partial charge in [-0.15, -0.1) is 0 Å². The standard InChI is InChI=1S/C24H35N3O12S/c1-5-6-7-16(22(32)33)25-20(30)17(12-14-8-10-15(11-9-14)39-40(35,36)37)26-21(31)18(13-19(28)29)27-23(34)38-24(2,3)4/h8-11,16-18H,5-7,12-13H2,1-4H3,(H,25,30)(H,26,31)(H,27,34)(H,28,29)(H,32,33)(H,35,36,37)/t16-,17-,18-/m0/s1. The normalized spacial score (nSPS) is 13.7. The summed E-state index contributed by atoms with van der Waals surface area (Å²) < 4.78 is 40.0. The molecule has 0 spiro atoms. The first-order valence-electron chi connectivity index (χ1n) is 12.2. The number of nitrogens with one attached hydrogen (secondary N) is 3. The minimum Gasteiger partial charge on any atom is -0.481 e. The number of carbonyl (C=O) groups excluding carboxylic acids is 3. The number of carboxylic acids is 2. The minimum atomic E-state index is -4.78. The number of hydrogen-bond acceptors (Lipinski definition) is 9. The van der Waals surface area contributed by atoms with Crippen molar-refractivity contribution in [2.75, 3.05) is 0 Å². The molecule has 3 atom stereocenters. The molecule has 0 fully saturated rings. The maximum atomic E-state index is 13.1. The monoisotopic (exact) mass is 589 g/mol. The summed E-state index contributed by atoms with van der Waals surface area (Å²) >= 11 is 0. The molecule has 0 bridgehead atoms. The molecule has 0 aliphatic rings. The Bertz CT molecular complexity index is 1160. The van der Waals surface area contributed by atoms with Gasteiger partial charge in [0.25, 0.3) is 0 Å². The fourth-order valence-electron chi connectivity index (χ4n) is 3.29. The summed E-state index contributed by atoms with van der Waals surface area (Å²) in [5.41, 5.74) is -0.606. The zero-order chi connectivity index (χ0) is 30.7. The quantitative estimate of drug-likeness (QED) is 0.157. The van der Waals surface area contributed by atoms with Crippen molar-refractivity contribution in [2.45, 2.75) is 83.5 Å². The Balaban J connectivity index is 3.24. The summed E-state index contributed by atoms with van der Waals surface area (Å²) in [5.74, 6) is -4.93. The van der Waals surface area contributed by atoms with E-state index < -0.39 is 70.4 Å². The van der Waals surface area contributed by atoms with Crippen molar-refractivity contribution in [3.05, 3.63) is 29.8 Å². The number of amides is 3. The molecular weight excluding hydrogens is 554 g/mol. The average molecular weight is 590 g/mol. The Kier molecular flexibility index (Phi) is 12.8. The maximum Gasteiger partial charge on any atom is 0.446 e. The first-order valence-corrected chi connectivity index (χ1v) is 13.6. The second kappa shape index (κ2) is 15.0. The molecule has 16 heteroatoms. The molecule has 0 aliphatic heterocycles. The van der Waals surface area contributed by atoms with Gasteiger partial charge in [0.05, 0.1) is 6.42 Å². The van der Waals surface area contributed by atoms with Gasteiger partial charge in [0.1, 0.15) is 29.5 Å². The lowest BCUT2D eigenvalue weighted by molar-refractivity contribution is -0.143. The van der Waals surface area contributed by atoms with Crippen LogP contribution in [0, 0.1) is 0 Å². The topological polar surface area (TPSA) is 235 Å². The van der Waals surface area contributed by atoms with E-state index in [1.165, 1.54) is 24.3 Å². The molecule has 0 saturated carbocycles. The molecule has 224 valence electrons. The third kappa shape index (κ3) is 13.7. The zero-order valence-electron chi connectivity index (χ0n) is 22.5. The summed E-state index contributed by atoms with van der Waals surface area (Å²) in [6.45, 7) is 6.51.